The van der Waals surface area contributed by atoms with Gasteiger partial charge in [-0.15, -0.1) is 11.3 Å². The van der Waals surface area contributed by atoms with Crippen LogP contribution in [0.5, 0.6) is 0 Å². The third kappa shape index (κ3) is 7.52. The summed E-state index contributed by atoms with van der Waals surface area (Å²) >= 11 is 1.37. The number of rotatable bonds is 9. The maximum atomic E-state index is 12.1. The molecule has 3 atom stereocenters. The summed E-state index contributed by atoms with van der Waals surface area (Å²) in [6.07, 6.45) is 1.57. The SMILES string of the molecule is CCNC(=NCCCN1CC(C)OC(C)C1)NC(C)c1nc(C)c(C(=O)OCC)s1. The van der Waals surface area contributed by atoms with Gasteiger partial charge in [0.25, 0.3) is 0 Å². The van der Waals surface area contributed by atoms with Crippen molar-refractivity contribution in [2.24, 2.45) is 4.99 Å². The van der Waals surface area contributed by atoms with Gasteiger partial charge in [-0.05, 0) is 48.0 Å². The molecule has 1 aromatic rings. The summed E-state index contributed by atoms with van der Waals surface area (Å²) in [6, 6.07) is -0.0596. The first-order chi connectivity index (χ1) is 14.3. The highest BCUT2D eigenvalue weighted by atomic mass is 32.1. The molecule has 0 aromatic carbocycles. The lowest BCUT2D eigenvalue weighted by Crippen LogP contribution is -2.45. The minimum absolute atomic E-state index is 0.0596. The van der Waals surface area contributed by atoms with Crippen LogP contribution in [0.15, 0.2) is 4.99 Å². The zero-order valence-electron chi connectivity index (χ0n) is 19.2. The normalized spacial score (nSPS) is 21.3. The topological polar surface area (TPSA) is 88.1 Å². The fraction of sp³-hybridized carbons (Fsp3) is 0.762. The minimum atomic E-state index is -0.307. The van der Waals surface area contributed by atoms with Crippen molar-refractivity contribution in [3.05, 3.63) is 15.6 Å². The van der Waals surface area contributed by atoms with Crippen LogP contribution in [0, 0.1) is 6.92 Å². The molecule has 0 saturated carbocycles. The largest absolute Gasteiger partial charge is 0.462 e. The number of morpholine rings is 1. The van der Waals surface area contributed by atoms with Crippen LogP contribution < -0.4 is 10.6 Å². The van der Waals surface area contributed by atoms with E-state index < -0.39 is 0 Å². The molecular formula is C21H37N5O3S. The van der Waals surface area contributed by atoms with Crippen molar-refractivity contribution in [2.45, 2.75) is 66.2 Å². The van der Waals surface area contributed by atoms with Crippen molar-refractivity contribution < 1.29 is 14.3 Å². The zero-order valence-corrected chi connectivity index (χ0v) is 20.0. The van der Waals surface area contributed by atoms with Crippen LogP contribution in [0.1, 0.15) is 67.5 Å². The average Bonchev–Trinajstić information content (AvgIpc) is 3.07. The van der Waals surface area contributed by atoms with Crippen LogP contribution in [0.4, 0.5) is 0 Å². The predicted octanol–water partition coefficient (Wildman–Crippen LogP) is 2.74. The van der Waals surface area contributed by atoms with Gasteiger partial charge in [0.05, 0.1) is 30.6 Å². The molecule has 2 heterocycles. The summed E-state index contributed by atoms with van der Waals surface area (Å²) in [4.78, 5) is 24.3. The highest BCUT2D eigenvalue weighted by molar-refractivity contribution is 7.13. The highest BCUT2D eigenvalue weighted by Crippen LogP contribution is 2.24. The molecule has 0 aliphatic carbocycles. The van der Waals surface area contributed by atoms with E-state index in [-0.39, 0.29) is 12.0 Å². The number of guanidine groups is 1. The van der Waals surface area contributed by atoms with Crippen molar-refractivity contribution in [2.75, 3.05) is 39.3 Å². The highest BCUT2D eigenvalue weighted by Gasteiger charge is 2.22. The first-order valence-corrected chi connectivity index (χ1v) is 11.7. The van der Waals surface area contributed by atoms with E-state index in [2.05, 4.69) is 34.4 Å². The van der Waals surface area contributed by atoms with Crippen LogP contribution in [-0.4, -0.2) is 73.4 Å². The number of aliphatic imine (C=N–C) groups is 1. The Morgan fingerprint density at radius 3 is 2.70 bits per heavy atom. The van der Waals surface area contributed by atoms with Gasteiger partial charge < -0.3 is 20.1 Å². The summed E-state index contributed by atoms with van der Waals surface area (Å²) in [5, 5.41) is 7.53. The lowest BCUT2D eigenvalue weighted by Gasteiger charge is -2.35. The van der Waals surface area contributed by atoms with Gasteiger partial charge in [0.15, 0.2) is 5.96 Å². The number of nitrogens with zero attached hydrogens (tertiary/aromatic N) is 3. The number of aromatic nitrogens is 1. The average molecular weight is 440 g/mol. The van der Waals surface area contributed by atoms with Gasteiger partial charge in [-0.3, -0.25) is 9.89 Å². The van der Waals surface area contributed by atoms with Crippen LogP contribution in [0.3, 0.4) is 0 Å². The van der Waals surface area contributed by atoms with Gasteiger partial charge in [-0.1, -0.05) is 0 Å². The molecule has 170 valence electrons. The molecule has 8 nitrogen and oxygen atoms in total. The first kappa shape index (κ1) is 24.6. The number of aryl methyl sites for hydroxylation is 1. The number of thiazole rings is 1. The Kier molecular flexibility index (Phi) is 10.0. The predicted molar refractivity (Wildman–Crippen MR) is 121 cm³/mol. The molecule has 1 aromatic heterocycles. The molecule has 1 aliphatic heterocycles. The Morgan fingerprint density at radius 2 is 2.07 bits per heavy atom. The molecule has 9 heteroatoms. The fourth-order valence-electron chi connectivity index (χ4n) is 3.53. The monoisotopic (exact) mass is 439 g/mol. The quantitative estimate of drug-likeness (QED) is 0.265. The molecule has 3 unspecified atom stereocenters. The number of ether oxygens (including phenoxy) is 2. The molecule has 0 radical (unpaired) electrons. The summed E-state index contributed by atoms with van der Waals surface area (Å²) in [5.74, 6) is 0.456. The van der Waals surface area contributed by atoms with Gasteiger partial charge in [-0.25, -0.2) is 9.78 Å². The molecule has 30 heavy (non-hydrogen) atoms. The maximum Gasteiger partial charge on any atom is 0.350 e. The second-order valence-corrected chi connectivity index (χ2v) is 8.71. The van der Waals surface area contributed by atoms with E-state index in [1.165, 1.54) is 11.3 Å². The standard InChI is InChI=1S/C21H37N5O3S/c1-7-22-21(23-10-9-11-26-12-14(3)29-15(4)13-26)25-17(6)19-24-16(5)18(30-19)20(27)28-8-2/h14-15,17H,7-13H2,1-6H3,(H2,22,23,25). The van der Waals surface area contributed by atoms with Gasteiger partial charge in [-0.2, -0.15) is 0 Å². The molecule has 0 spiro atoms. The molecule has 2 N–H and O–H groups in total. The maximum absolute atomic E-state index is 12.1. The number of hydrogen-bond acceptors (Lipinski definition) is 7. The van der Waals surface area contributed by atoms with E-state index in [0.29, 0.717) is 29.4 Å². The Bertz CT molecular complexity index is 699. The van der Waals surface area contributed by atoms with E-state index in [1.807, 2.05) is 20.8 Å². The van der Waals surface area contributed by atoms with Crippen LogP contribution >= 0.6 is 11.3 Å². The number of hydrogen-bond donors (Lipinski definition) is 2. The van der Waals surface area contributed by atoms with Crippen LogP contribution in [-0.2, 0) is 9.47 Å². The minimum Gasteiger partial charge on any atom is -0.462 e. The van der Waals surface area contributed by atoms with Crippen LogP contribution in [0.2, 0.25) is 0 Å². The zero-order chi connectivity index (χ0) is 22.1. The first-order valence-electron chi connectivity index (χ1n) is 10.9. The van der Waals surface area contributed by atoms with Gasteiger partial charge in [0, 0.05) is 32.7 Å². The molecular weight excluding hydrogens is 402 g/mol. The Morgan fingerprint density at radius 1 is 1.37 bits per heavy atom. The third-order valence-corrected chi connectivity index (χ3v) is 6.06. The lowest BCUT2D eigenvalue weighted by molar-refractivity contribution is -0.0679. The van der Waals surface area contributed by atoms with Gasteiger partial charge >= 0.3 is 5.97 Å². The van der Waals surface area contributed by atoms with E-state index in [9.17, 15) is 4.79 Å². The Labute approximate surface area is 184 Å². The molecule has 1 aliphatic rings. The van der Waals surface area contributed by atoms with Gasteiger partial charge in [0.1, 0.15) is 9.88 Å². The Hall–Kier alpha value is -1.71. The number of carbonyl (C=O) groups excluding carboxylic acids is 1. The Balaban J connectivity index is 1.89. The van der Waals surface area contributed by atoms with Crippen molar-refractivity contribution >= 4 is 23.3 Å². The number of esters is 1. The molecule has 1 saturated heterocycles. The third-order valence-electron chi connectivity index (χ3n) is 4.74. The summed E-state index contributed by atoms with van der Waals surface area (Å²) in [5.41, 5.74) is 0.706. The smallest absolute Gasteiger partial charge is 0.350 e. The second kappa shape index (κ2) is 12.2. The second-order valence-electron chi connectivity index (χ2n) is 7.68. The van der Waals surface area contributed by atoms with Crippen molar-refractivity contribution in [1.82, 2.24) is 20.5 Å². The van der Waals surface area contributed by atoms with Crippen molar-refractivity contribution in [1.29, 1.82) is 0 Å². The van der Waals surface area contributed by atoms with E-state index in [1.54, 1.807) is 6.92 Å². The summed E-state index contributed by atoms with van der Waals surface area (Å²) < 4.78 is 10.9. The van der Waals surface area contributed by atoms with Crippen LogP contribution in [0.25, 0.3) is 0 Å². The summed E-state index contributed by atoms with van der Waals surface area (Å²) in [6.45, 7) is 16.8. The molecule has 2 rings (SSSR count). The van der Waals surface area contributed by atoms with E-state index >= 15 is 0 Å². The number of nitrogens with one attached hydrogen (secondary N) is 2. The van der Waals surface area contributed by atoms with Crippen molar-refractivity contribution in [3.63, 3.8) is 0 Å². The molecule has 1 fully saturated rings. The van der Waals surface area contributed by atoms with E-state index in [4.69, 9.17) is 14.5 Å². The lowest BCUT2D eigenvalue weighted by atomic mass is 10.2. The van der Waals surface area contributed by atoms with E-state index in [0.717, 1.165) is 50.1 Å². The van der Waals surface area contributed by atoms with Crippen molar-refractivity contribution in [3.8, 4) is 0 Å². The molecule has 0 amide bonds. The molecule has 0 bridgehead atoms. The number of carbonyl (C=O) groups is 1. The summed E-state index contributed by atoms with van der Waals surface area (Å²) in [7, 11) is 0. The van der Waals surface area contributed by atoms with Gasteiger partial charge in [0.2, 0.25) is 0 Å². The fourth-order valence-corrected chi connectivity index (χ4v) is 4.49.